The van der Waals surface area contributed by atoms with Gasteiger partial charge in [0.2, 0.25) is 0 Å². The number of rotatable bonds is 2. The van der Waals surface area contributed by atoms with Gasteiger partial charge < -0.3 is 15.6 Å². The van der Waals surface area contributed by atoms with Crippen molar-refractivity contribution in [2.45, 2.75) is 26.4 Å². The minimum absolute atomic E-state index is 0.166. The van der Waals surface area contributed by atoms with Crippen molar-refractivity contribution in [1.29, 1.82) is 0 Å². The maximum absolute atomic E-state index is 11.7. The monoisotopic (exact) mass is 238 g/mol. The average Bonchev–Trinajstić information content (AvgIpc) is 2.14. The molecule has 92 valence electrons. The number of nitrogens with zero attached hydrogens (tertiary/aromatic N) is 1. The number of nitrogen functional groups attached to an aromatic ring is 1. The summed E-state index contributed by atoms with van der Waals surface area (Å²) in [4.78, 5) is 26.3. The lowest BCUT2D eigenvalue weighted by Crippen LogP contribution is -2.25. The van der Waals surface area contributed by atoms with E-state index < -0.39 is 17.5 Å². The summed E-state index contributed by atoms with van der Waals surface area (Å²) in [5, 5.41) is 8.84. The Morgan fingerprint density at radius 3 is 2.47 bits per heavy atom. The lowest BCUT2D eigenvalue weighted by atomic mass is 10.1. The fourth-order valence-corrected chi connectivity index (χ4v) is 1.15. The zero-order valence-electron chi connectivity index (χ0n) is 9.85. The number of ether oxygens (including phenoxy) is 1. The molecular formula is C11H14N2O4. The molecule has 0 bridgehead atoms. The molecular weight excluding hydrogens is 224 g/mol. The highest BCUT2D eigenvalue weighted by atomic mass is 16.6. The van der Waals surface area contributed by atoms with Crippen LogP contribution in [-0.4, -0.2) is 27.6 Å². The van der Waals surface area contributed by atoms with Crippen LogP contribution >= 0.6 is 0 Å². The van der Waals surface area contributed by atoms with Crippen LogP contribution in [0.4, 0.5) is 5.69 Å². The van der Waals surface area contributed by atoms with Crippen molar-refractivity contribution in [3.05, 3.63) is 23.5 Å². The first kappa shape index (κ1) is 13.0. The maximum atomic E-state index is 11.7. The molecule has 1 aromatic rings. The number of anilines is 1. The van der Waals surface area contributed by atoms with Crippen LogP contribution in [0.2, 0.25) is 0 Å². The molecule has 6 nitrogen and oxygen atoms in total. The van der Waals surface area contributed by atoms with E-state index in [4.69, 9.17) is 15.6 Å². The van der Waals surface area contributed by atoms with Crippen LogP contribution in [0.3, 0.4) is 0 Å². The Morgan fingerprint density at radius 2 is 2.00 bits per heavy atom. The smallest absolute Gasteiger partial charge is 0.359 e. The van der Waals surface area contributed by atoms with Gasteiger partial charge >= 0.3 is 11.9 Å². The molecule has 1 rings (SSSR count). The van der Waals surface area contributed by atoms with E-state index in [2.05, 4.69) is 4.98 Å². The summed E-state index contributed by atoms with van der Waals surface area (Å²) >= 11 is 0. The highest BCUT2D eigenvalue weighted by Crippen LogP contribution is 2.18. The number of hydrogen-bond acceptors (Lipinski definition) is 5. The second-order valence-electron chi connectivity index (χ2n) is 4.43. The van der Waals surface area contributed by atoms with Gasteiger partial charge in [-0.1, -0.05) is 0 Å². The molecule has 3 N–H and O–H groups in total. The second-order valence-corrected chi connectivity index (χ2v) is 4.43. The second kappa shape index (κ2) is 4.40. The predicted molar refractivity (Wildman–Crippen MR) is 60.8 cm³/mol. The number of carbonyl (C=O) groups excluding carboxylic acids is 1. The molecule has 0 fully saturated rings. The number of nitrogens with two attached hydrogens (primary N) is 1. The summed E-state index contributed by atoms with van der Waals surface area (Å²) in [5.74, 6) is -1.95. The third-order valence-electron chi connectivity index (χ3n) is 1.81. The topological polar surface area (TPSA) is 103 Å². The molecule has 0 atom stereocenters. The number of carboxylic acids is 1. The number of hydrogen-bond donors (Lipinski definition) is 2. The summed E-state index contributed by atoms with van der Waals surface area (Å²) in [6, 6.07) is 1.23. The fraction of sp³-hybridized carbons (Fsp3) is 0.364. The largest absolute Gasteiger partial charge is 0.478 e. The third-order valence-corrected chi connectivity index (χ3v) is 1.81. The molecule has 0 unspecified atom stereocenters. The van der Waals surface area contributed by atoms with E-state index in [9.17, 15) is 9.59 Å². The van der Waals surface area contributed by atoms with E-state index in [0.717, 1.165) is 0 Å². The van der Waals surface area contributed by atoms with Crippen molar-refractivity contribution in [2.24, 2.45) is 0 Å². The lowest BCUT2D eigenvalue weighted by molar-refractivity contribution is 0.00642. The predicted octanol–water partition coefficient (Wildman–Crippen LogP) is 1.32. The minimum atomic E-state index is -1.21. The Morgan fingerprint density at radius 1 is 1.41 bits per heavy atom. The Bertz CT molecular complexity index is 463. The van der Waals surface area contributed by atoms with Gasteiger partial charge in [-0.2, -0.15) is 0 Å². The van der Waals surface area contributed by atoms with E-state index in [-0.39, 0.29) is 16.9 Å². The third kappa shape index (κ3) is 3.17. The highest BCUT2D eigenvalue weighted by molar-refractivity contribution is 6.01. The quantitative estimate of drug-likeness (QED) is 0.753. The van der Waals surface area contributed by atoms with Crippen LogP contribution in [0, 0.1) is 0 Å². The zero-order valence-corrected chi connectivity index (χ0v) is 9.85. The number of aromatic nitrogens is 1. The summed E-state index contributed by atoms with van der Waals surface area (Å²) < 4.78 is 5.06. The first-order valence-corrected chi connectivity index (χ1v) is 4.93. The molecule has 1 aromatic heterocycles. The zero-order chi connectivity index (χ0) is 13.2. The number of pyridine rings is 1. The average molecular weight is 238 g/mol. The molecule has 0 radical (unpaired) electrons. The van der Waals surface area contributed by atoms with Gasteiger partial charge in [-0.05, 0) is 26.8 Å². The fourth-order valence-electron chi connectivity index (χ4n) is 1.15. The number of esters is 1. The van der Waals surface area contributed by atoms with Gasteiger partial charge in [0.25, 0.3) is 0 Å². The molecule has 1 heterocycles. The minimum Gasteiger partial charge on any atom is -0.478 e. The molecule has 17 heavy (non-hydrogen) atoms. The molecule has 0 aromatic carbocycles. The summed E-state index contributed by atoms with van der Waals surface area (Å²) in [6.07, 6.45) is 1.21. The van der Waals surface area contributed by atoms with Gasteiger partial charge in [-0.3, -0.25) is 0 Å². The molecule has 0 amide bonds. The van der Waals surface area contributed by atoms with Crippen LogP contribution in [-0.2, 0) is 4.74 Å². The maximum Gasteiger partial charge on any atom is 0.359 e. The Balaban J connectivity index is 3.11. The molecule has 0 saturated carbocycles. The van der Waals surface area contributed by atoms with Crippen molar-refractivity contribution in [3.63, 3.8) is 0 Å². The lowest BCUT2D eigenvalue weighted by Gasteiger charge is -2.19. The van der Waals surface area contributed by atoms with E-state index in [0.29, 0.717) is 0 Å². The van der Waals surface area contributed by atoms with Gasteiger partial charge in [-0.15, -0.1) is 0 Å². The molecule has 6 heteroatoms. The van der Waals surface area contributed by atoms with Crippen molar-refractivity contribution in [3.8, 4) is 0 Å². The Labute approximate surface area is 98.4 Å². The van der Waals surface area contributed by atoms with Crippen LogP contribution in [0.1, 0.15) is 41.6 Å². The summed E-state index contributed by atoms with van der Waals surface area (Å²) in [7, 11) is 0. The first-order chi connectivity index (χ1) is 7.72. The van der Waals surface area contributed by atoms with E-state index in [1.807, 2.05) is 0 Å². The van der Waals surface area contributed by atoms with E-state index in [1.54, 1.807) is 20.8 Å². The summed E-state index contributed by atoms with van der Waals surface area (Å²) in [6.45, 7) is 5.09. The SMILES string of the molecule is CC(C)(C)OC(=O)c1nccc(C(=O)O)c1N. The van der Waals surface area contributed by atoms with Gasteiger partial charge in [0.15, 0.2) is 5.69 Å². The Kier molecular flexibility index (Phi) is 3.36. The first-order valence-electron chi connectivity index (χ1n) is 4.93. The molecule has 0 aliphatic heterocycles. The van der Waals surface area contributed by atoms with Crippen molar-refractivity contribution in [2.75, 3.05) is 5.73 Å². The molecule has 0 aliphatic rings. The highest BCUT2D eigenvalue weighted by Gasteiger charge is 2.23. The normalized spacial score (nSPS) is 11.0. The van der Waals surface area contributed by atoms with Crippen molar-refractivity contribution >= 4 is 17.6 Å². The standard InChI is InChI=1S/C11H14N2O4/c1-11(2,3)17-10(16)8-7(12)6(9(14)15)4-5-13-8/h4-5H,12H2,1-3H3,(H,14,15). The number of carboxylic acid groups (broad SMARTS) is 1. The van der Waals surface area contributed by atoms with Crippen molar-refractivity contribution < 1.29 is 19.4 Å². The van der Waals surface area contributed by atoms with Gasteiger partial charge in [0, 0.05) is 6.20 Å². The van der Waals surface area contributed by atoms with Crippen LogP contribution in [0.15, 0.2) is 12.3 Å². The van der Waals surface area contributed by atoms with Crippen molar-refractivity contribution in [1.82, 2.24) is 4.98 Å². The van der Waals surface area contributed by atoms with Crippen LogP contribution in [0.25, 0.3) is 0 Å². The molecule has 0 aliphatic carbocycles. The molecule has 0 saturated heterocycles. The number of carbonyl (C=O) groups is 2. The van der Waals surface area contributed by atoms with Gasteiger partial charge in [0.1, 0.15) is 5.60 Å². The van der Waals surface area contributed by atoms with E-state index >= 15 is 0 Å². The molecule has 0 spiro atoms. The van der Waals surface area contributed by atoms with Crippen LogP contribution < -0.4 is 5.73 Å². The Hall–Kier alpha value is -2.11. The van der Waals surface area contributed by atoms with E-state index in [1.165, 1.54) is 12.3 Å². The number of aromatic carboxylic acids is 1. The van der Waals surface area contributed by atoms with Crippen LogP contribution in [0.5, 0.6) is 0 Å². The van der Waals surface area contributed by atoms with Gasteiger partial charge in [-0.25, -0.2) is 14.6 Å². The van der Waals surface area contributed by atoms with Gasteiger partial charge in [0.05, 0.1) is 11.3 Å². The summed E-state index contributed by atoms with van der Waals surface area (Å²) in [5.41, 5.74) is 4.34.